The lowest BCUT2D eigenvalue weighted by atomic mass is 9.64. The third-order valence-corrected chi connectivity index (χ3v) is 5.61. The minimum absolute atomic E-state index is 0.112. The van der Waals surface area contributed by atoms with Crippen molar-refractivity contribution < 1.29 is 9.90 Å². The fourth-order valence-electron chi connectivity index (χ4n) is 4.62. The zero-order chi connectivity index (χ0) is 13.2. The zero-order valence-electron chi connectivity index (χ0n) is 11.7. The van der Waals surface area contributed by atoms with Crippen LogP contribution in [-0.4, -0.2) is 41.5 Å². The van der Waals surface area contributed by atoms with Crippen molar-refractivity contribution in [3.05, 3.63) is 11.6 Å². The number of nitrogens with zero attached hydrogens (tertiary/aromatic N) is 1. The summed E-state index contributed by atoms with van der Waals surface area (Å²) in [6.07, 6.45) is 2.41. The molecule has 0 radical (unpaired) electrons. The summed E-state index contributed by atoms with van der Waals surface area (Å²) in [5.74, 6) is 1.20. The number of likely N-dealkylation sites (tertiary alicyclic amines) is 1. The van der Waals surface area contributed by atoms with Crippen molar-refractivity contribution in [2.24, 2.45) is 23.2 Å². The number of rotatable bonds is 1. The highest BCUT2D eigenvalue weighted by Gasteiger charge is 2.62. The van der Waals surface area contributed by atoms with Crippen LogP contribution in [0.5, 0.6) is 0 Å². The van der Waals surface area contributed by atoms with Crippen LogP contribution in [0.3, 0.4) is 0 Å². The van der Waals surface area contributed by atoms with Crippen molar-refractivity contribution in [3.8, 4) is 0 Å². The number of aliphatic hydroxyl groups is 1. The van der Waals surface area contributed by atoms with Gasteiger partial charge >= 0.3 is 0 Å². The van der Waals surface area contributed by atoms with Gasteiger partial charge in [0.05, 0.1) is 6.10 Å². The molecule has 1 saturated carbocycles. The largest absolute Gasteiger partial charge is 0.391 e. The van der Waals surface area contributed by atoms with Crippen molar-refractivity contribution in [3.63, 3.8) is 0 Å². The van der Waals surface area contributed by atoms with E-state index in [0.717, 1.165) is 12.1 Å². The first-order chi connectivity index (χ1) is 8.37. The molecule has 1 heterocycles. The number of Topliss-reactive ketones (excluding diaryl/α,β-unsaturated/α-hetero) is 1. The summed E-state index contributed by atoms with van der Waals surface area (Å²) in [6.45, 7) is 7.37. The van der Waals surface area contributed by atoms with Crippen LogP contribution < -0.4 is 0 Å². The summed E-state index contributed by atoms with van der Waals surface area (Å²) in [5.41, 5.74) is 0.891. The van der Waals surface area contributed by atoms with E-state index in [2.05, 4.69) is 38.8 Å². The SMILES string of the molecule is CC(C)[C@H]1C=C2C(=O)C[C@@H]3CN(C)[C@H]([C@@H]1O)[C@]23C. The predicted molar refractivity (Wildman–Crippen MR) is 70.1 cm³/mol. The van der Waals surface area contributed by atoms with Crippen molar-refractivity contribution in [1.82, 2.24) is 4.90 Å². The molecule has 3 rings (SSSR count). The smallest absolute Gasteiger partial charge is 0.159 e. The van der Waals surface area contributed by atoms with E-state index in [0.29, 0.717) is 24.0 Å². The molecule has 0 bridgehead atoms. The molecular weight excluding hydrogens is 226 g/mol. The fraction of sp³-hybridized carbons (Fsp3) is 0.800. The molecule has 3 nitrogen and oxygen atoms in total. The van der Waals surface area contributed by atoms with Crippen LogP contribution in [0.25, 0.3) is 0 Å². The van der Waals surface area contributed by atoms with Gasteiger partial charge in [-0.15, -0.1) is 0 Å². The monoisotopic (exact) mass is 249 g/mol. The highest BCUT2D eigenvalue weighted by molar-refractivity contribution is 6.00. The Morgan fingerprint density at radius 2 is 2.17 bits per heavy atom. The van der Waals surface area contributed by atoms with Crippen molar-refractivity contribution in [2.75, 3.05) is 13.6 Å². The van der Waals surface area contributed by atoms with Gasteiger partial charge < -0.3 is 5.11 Å². The number of carbonyl (C=O) groups excluding carboxylic acids is 1. The third kappa shape index (κ3) is 1.29. The topological polar surface area (TPSA) is 40.5 Å². The molecule has 0 unspecified atom stereocenters. The van der Waals surface area contributed by atoms with Gasteiger partial charge in [0, 0.05) is 30.3 Å². The second-order valence-corrected chi connectivity index (χ2v) is 6.88. The Morgan fingerprint density at radius 3 is 2.78 bits per heavy atom. The average molecular weight is 249 g/mol. The predicted octanol–water partition coefficient (Wildman–Crippen LogP) is 1.47. The lowest BCUT2D eigenvalue weighted by Gasteiger charge is -2.45. The van der Waals surface area contributed by atoms with Gasteiger partial charge in [0.25, 0.3) is 0 Å². The molecule has 1 aliphatic heterocycles. The van der Waals surface area contributed by atoms with Crippen LogP contribution in [0.4, 0.5) is 0 Å². The Balaban J connectivity index is 2.13. The van der Waals surface area contributed by atoms with E-state index in [1.165, 1.54) is 0 Å². The minimum Gasteiger partial charge on any atom is -0.391 e. The van der Waals surface area contributed by atoms with Crippen LogP contribution in [-0.2, 0) is 4.79 Å². The quantitative estimate of drug-likeness (QED) is 0.765. The highest BCUT2D eigenvalue weighted by atomic mass is 16.3. The van der Waals surface area contributed by atoms with Gasteiger partial charge in [-0.2, -0.15) is 0 Å². The Labute approximate surface area is 109 Å². The second-order valence-electron chi connectivity index (χ2n) is 6.88. The Bertz CT molecular complexity index is 428. The third-order valence-electron chi connectivity index (χ3n) is 5.61. The summed E-state index contributed by atoms with van der Waals surface area (Å²) < 4.78 is 0. The average Bonchev–Trinajstić information content (AvgIpc) is 2.63. The lowest BCUT2D eigenvalue weighted by Crippen LogP contribution is -2.53. The van der Waals surface area contributed by atoms with E-state index in [9.17, 15) is 9.90 Å². The number of ketones is 1. The molecule has 2 aliphatic carbocycles. The minimum atomic E-state index is -0.348. The molecule has 0 amide bonds. The lowest BCUT2D eigenvalue weighted by molar-refractivity contribution is -0.115. The van der Waals surface area contributed by atoms with E-state index >= 15 is 0 Å². The van der Waals surface area contributed by atoms with Crippen LogP contribution in [0.15, 0.2) is 11.6 Å². The number of hydrogen-bond acceptors (Lipinski definition) is 3. The number of aliphatic hydroxyl groups excluding tert-OH is 1. The van der Waals surface area contributed by atoms with Gasteiger partial charge in [0.1, 0.15) is 0 Å². The molecule has 3 aliphatic rings. The van der Waals surface area contributed by atoms with Gasteiger partial charge in [-0.05, 0) is 24.5 Å². The second kappa shape index (κ2) is 3.67. The van der Waals surface area contributed by atoms with Gasteiger partial charge in [-0.3, -0.25) is 9.69 Å². The molecule has 100 valence electrons. The fourth-order valence-corrected chi connectivity index (χ4v) is 4.62. The van der Waals surface area contributed by atoms with E-state index in [-0.39, 0.29) is 23.5 Å². The molecule has 5 atom stereocenters. The zero-order valence-corrected chi connectivity index (χ0v) is 11.7. The molecule has 2 fully saturated rings. The maximum Gasteiger partial charge on any atom is 0.159 e. The van der Waals surface area contributed by atoms with Gasteiger partial charge in [-0.25, -0.2) is 0 Å². The van der Waals surface area contributed by atoms with Crippen molar-refractivity contribution in [1.29, 1.82) is 0 Å². The molecule has 0 aromatic carbocycles. The number of hydrogen-bond donors (Lipinski definition) is 1. The standard InChI is InChI=1S/C15H23NO2/c1-8(2)10-6-11-12(17)5-9-7-16(4)14(13(10)18)15(9,11)3/h6,8-10,13-14,18H,5,7H2,1-4H3/t9-,10-,13-,14-,15+/m1/s1. The van der Waals surface area contributed by atoms with Crippen LogP contribution >= 0.6 is 0 Å². The number of likely N-dealkylation sites (N-methyl/N-ethyl adjacent to an activating group) is 1. The van der Waals surface area contributed by atoms with Gasteiger partial charge in [-0.1, -0.05) is 26.8 Å². The van der Waals surface area contributed by atoms with Crippen LogP contribution in [0, 0.1) is 23.2 Å². The normalized spacial score (nSPS) is 47.7. The van der Waals surface area contributed by atoms with E-state index < -0.39 is 0 Å². The highest BCUT2D eigenvalue weighted by Crippen LogP contribution is 2.58. The molecule has 3 heteroatoms. The van der Waals surface area contributed by atoms with Crippen molar-refractivity contribution in [2.45, 2.75) is 39.3 Å². The first kappa shape index (κ1) is 12.4. The molecule has 0 spiro atoms. The Hall–Kier alpha value is -0.670. The molecule has 0 aromatic rings. The summed E-state index contributed by atoms with van der Waals surface area (Å²) in [5, 5.41) is 10.7. The molecular formula is C15H23NO2. The molecule has 0 aromatic heterocycles. The summed E-state index contributed by atoms with van der Waals surface area (Å²) in [7, 11) is 2.09. The maximum atomic E-state index is 12.2. The molecule has 1 N–H and O–H groups in total. The number of carbonyl (C=O) groups is 1. The maximum absolute atomic E-state index is 12.2. The van der Waals surface area contributed by atoms with Crippen molar-refractivity contribution >= 4 is 5.78 Å². The van der Waals surface area contributed by atoms with Crippen LogP contribution in [0.2, 0.25) is 0 Å². The van der Waals surface area contributed by atoms with E-state index in [1.54, 1.807) is 0 Å². The van der Waals surface area contributed by atoms with Gasteiger partial charge in [0.15, 0.2) is 5.78 Å². The summed E-state index contributed by atoms with van der Waals surface area (Å²) >= 11 is 0. The van der Waals surface area contributed by atoms with E-state index in [1.807, 2.05) is 0 Å². The van der Waals surface area contributed by atoms with E-state index in [4.69, 9.17) is 0 Å². The van der Waals surface area contributed by atoms with Crippen LogP contribution in [0.1, 0.15) is 27.2 Å². The molecule has 1 saturated heterocycles. The first-order valence-corrected chi connectivity index (χ1v) is 7.01. The summed E-state index contributed by atoms with van der Waals surface area (Å²) in [6, 6.07) is 0.112. The molecule has 18 heavy (non-hydrogen) atoms. The first-order valence-electron chi connectivity index (χ1n) is 7.01. The Morgan fingerprint density at radius 1 is 1.50 bits per heavy atom. The van der Waals surface area contributed by atoms with Gasteiger partial charge in [0.2, 0.25) is 0 Å². The Kier molecular flexibility index (Phi) is 2.52. The summed E-state index contributed by atoms with van der Waals surface area (Å²) in [4.78, 5) is 14.5.